The molecule has 1 atom stereocenters. The van der Waals surface area contributed by atoms with E-state index >= 15 is 0 Å². The van der Waals surface area contributed by atoms with Gasteiger partial charge < -0.3 is 9.66 Å². The molecule has 6 nitrogen and oxygen atoms in total. The number of alkyl halides is 3. The first kappa shape index (κ1) is 21.2. The van der Waals surface area contributed by atoms with E-state index in [1.165, 1.54) is 30.3 Å². The van der Waals surface area contributed by atoms with Gasteiger partial charge in [-0.25, -0.2) is 4.79 Å². The fourth-order valence-corrected chi connectivity index (χ4v) is 3.71. The Balaban J connectivity index is 2.17. The van der Waals surface area contributed by atoms with Crippen LogP contribution in [0.5, 0.6) is 0 Å². The molecule has 0 saturated carbocycles. The van der Waals surface area contributed by atoms with Gasteiger partial charge >= 0.3 is 12.1 Å². The number of halogens is 3. The number of rotatable bonds is 4. The number of aromatic carboxylic acids is 1. The number of carboxylic acids is 1. The molecule has 0 radical (unpaired) electrons. The Hall–Kier alpha value is -3.55. The van der Waals surface area contributed by atoms with Gasteiger partial charge in [0.1, 0.15) is 5.56 Å². The van der Waals surface area contributed by atoms with Gasteiger partial charge in [0, 0.05) is 22.9 Å². The molecule has 1 N–H and O–H groups in total. The van der Waals surface area contributed by atoms with Crippen molar-refractivity contribution in [3.8, 4) is 11.8 Å². The third-order valence-corrected chi connectivity index (χ3v) is 5.44. The first-order valence-electron chi connectivity index (χ1n) is 8.21. The SMILES string of the molecule is N#Cc1ccc([S+]([O-])c2cc(C(=O)O)c(=O)n(-c3cccc(C(F)(F)F)c3)c2)cc1. The number of benzene rings is 2. The molecule has 0 saturated heterocycles. The first-order valence-corrected chi connectivity index (χ1v) is 9.36. The van der Waals surface area contributed by atoms with E-state index in [1.807, 2.05) is 6.07 Å². The second-order valence-electron chi connectivity index (χ2n) is 6.02. The van der Waals surface area contributed by atoms with E-state index < -0.39 is 40.0 Å². The maximum absolute atomic E-state index is 13.0. The summed E-state index contributed by atoms with van der Waals surface area (Å²) in [5.74, 6) is -1.61. The molecule has 0 aliphatic heterocycles. The zero-order valence-electron chi connectivity index (χ0n) is 14.9. The minimum atomic E-state index is -4.67. The molecule has 1 unspecified atom stereocenters. The molecule has 0 amide bonds. The van der Waals surface area contributed by atoms with Gasteiger partial charge in [-0.3, -0.25) is 9.36 Å². The molecular weight excluding hydrogens is 421 g/mol. The van der Waals surface area contributed by atoms with E-state index in [9.17, 15) is 32.4 Å². The highest BCUT2D eigenvalue weighted by molar-refractivity contribution is 7.91. The number of carbonyl (C=O) groups is 1. The number of hydrogen-bond donors (Lipinski definition) is 1. The lowest BCUT2D eigenvalue weighted by Gasteiger charge is -2.14. The van der Waals surface area contributed by atoms with Crippen LogP contribution in [0.1, 0.15) is 21.5 Å². The summed E-state index contributed by atoms with van der Waals surface area (Å²) < 4.78 is 52.7. The average molecular weight is 432 g/mol. The second-order valence-corrected chi connectivity index (χ2v) is 7.50. The molecule has 10 heteroatoms. The van der Waals surface area contributed by atoms with E-state index in [0.29, 0.717) is 11.6 Å². The Morgan fingerprint density at radius 2 is 1.77 bits per heavy atom. The van der Waals surface area contributed by atoms with Crippen LogP contribution in [0.25, 0.3) is 5.69 Å². The van der Waals surface area contributed by atoms with Crippen molar-refractivity contribution in [2.24, 2.45) is 0 Å². The van der Waals surface area contributed by atoms with Crippen molar-refractivity contribution in [3.63, 3.8) is 0 Å². The van der Waals surface area contributed by atoms with Gasteiger partial charge in [0.05, 0.1) is 23.4 Å². The quantitative estimate of drug-likeness (QED) is 0.634. The monoisotopic (exact) mass is 432 g/mol. The van der Waals surface area contributed by atoms with E-state index in [-0.39, 0.29) is 15.5 Å². The smallest absolute Gasteiger partial charge is 0.416 e. The third-order valence-electron chi connectivity index (χ3n) is 4.09. The van der Waals surface area contributed by atoms with E-state index in [1.54, 1.807) is 0 Å². The largest absolute Gasteiger partial charge is 0.606 e. The minimum Gasteiger partial charge on any atom is -0.606 e. The van der Waals surface area contributed by atoms with Crippen LogP contribution >= 0.6 is 0 Å². The van der Waals surface area contributed by atoms with Gasteiger partial charge in [-0.2, -0.15) is 18.4 Å². The Morgan fingerprint density at radius 3 is 2.33 bits per heavy atom. The zero-order chi connectivity index (χ0) is 22.1. The van der Waals surface area contributed by atoms with Crippen molar-refractivity contribution in [1.29, 1.82) is 5.26 Å². The number of hydrogen-bond acceptors (Lipinski definition) is 4. The standard InChI is InChI=1S/C20H11F3N2O4S/c21-20(22,23)13-2-1-3-14(8-13)25-11-16(9-17(18(25)26)19(27)28)30(29)15-6-4-12(10-24)5-7-15/h1-9,11H,(H,27,28). The summed E-state index contributed by atoms with van der Waals surface area (Å²) in [6.45, 7) is 0. The van der Waals surface area contributed by atoms with Crippen LogP contribution in [-0.2, 0) is 17.4 Å². The molecule has 0 aliphatic rings. The fraction of sp³-hybridized carbons (Fsp3) is 0.0500. The maximum atomic E-state index is 13.0. The Labute approximate surface area is 170 Å². The molecule has 0 bridgehead atoms. The van der Waals surface area contributed by atoms with Gasteiger partial charge in [-0.1, -0.05) is 6.07 Å². The molecule has 1 aromatic heterocycles. The lowest BCUT2D eigenvalue weighted by atomic mass is 10.2. The summed E-state index contributed by atoms with van der Waals surface area (Å²) in [5, 5.41) is 18.2. The molecule has 2 aromatic carbocycles. The number of aromatic nitrogens is 1. The van der Waals surface area contributed by atoms with E-state index in [4.69, 9.17) is 5.26 Å². The van der Waals surface area contributed by atoms with Crippen molar-refractivity contribution >= 4 is 17.1 Å². The molecule has 0 fully saturated rings. The summed E-state index contributed by atoms with van der Waals surface area (Å²) in [7, 11) is 0. The van der Waals surface area contributed by atoms with Gasteiger partial charge in [0.25, 0.3) is 5.56 Å². The van der Waals surface area contributed by atoms with E-state index in [0.717, 1.165) is 29.0 Å². The average Bonchev–Trinajstić information content (AvgIpc) is 2.72. The lowest BCUT2D eigenvalue weighted by Crippen LogP contribution is -2.26. The maximum Gasteiger partial charge on any atom is 0.416 e. The van der Waals surface area contributed by atoms with Crippen LogP contribution in [-0.4, -0.2) is 20.2 Å². The molecule has 152 valence electrons. The lowest BCUT2D eigenvalue weighted by molar-refractivity contribution is -0.137. The predicted octanol–water partition coefficient (Wildman–Crippen LogP) is 3.59. The van der Waals surface area contributed by atoms with Crippen LogP contribution in [0.4, 0.5) is 13.2 Å². The predicted molar refractivity (Wildman–Crippen MR) is 99.8 cm³/mol. The molecule has 3 aromatic rings. The Morgan fingerprint density at radius 1 is 1.10 bits per heavy atom. The number of carboxylic acid groups (broad SMARTS) is 1. The highest BCUT2D eigenvalue weighted by Crippen LogP contribution is 2.30. The fourth-order valence-electron chi connectivity index (χ4n) is 2.62. The molecular formula is C20H11F3N2O4S. The highest BCUT2D eigenvalue weighted by atomic mass is 32.2. The van der Waals surface area contributed by atoms with Crippen molar-refractivity contribution in [1.82, 2.24) is 4.57 Å². The van der Waals surface area contributed by atoms with Crippen molar-refractivity contribution in [3.05, 3.63) is 87.8 Å². The van der Waals surface area contributed by atoms with Crippen LogP contribution in [0.3, 0.4) is 0 Å². The number of nitriles is 1. The molecule has 0 spiro atoms. The van der Waals surface area contributed by atoms with Crippen molar-refractivity contribution < 1.29 is 27.6 Å². The Kier molecular flexibility index (Phi) is 5.69. The highest BCUT2D eigenvalue weighted by Gasteiger charge is 2.31. The van der Waals surface area contributed by atoms with Crippen molar-refractivity contribution in [2.45, 2.75) is 16.0 Å². The third kappa shape index (κ3) is 4.22. The van der Waals surface area contributed by atoms with Gasteiger partial charge in [0.15, 0.2) is 9.79 Å². The van der Waals surface area contributed by atoms with Crippen molar-refractivity contribution in [2.75, 3.05) is 0 Å². The topological polar surface area (TPSA) is 106 Å². The normalized spacial score (nSPS) is 12.2. The Bertz CT molecular complexity index is 1210. The summed E-state index contributed by atoms with van der Waals surface area (Å²) in [6.07, 6.45) is -3.63. The number of nitrogens with zero attached hydrogens (tertiary/aromatic N) is 2. The molecule has 1 heterocycles. The number of pyridine rings is 1. The summed E-state index contributed by atoms with van der Waals surface area (Å²) in [6, 6.07) is 12.2. The minimum absolute atomic E-state index is 0.103. The van der Waals surface area contributed by atoms with Crippen LogP contribution in [0.15, 0.2) is 75.4 Å². The van der Waals surface area contributed by atoms with E-state index in [2.05, 4.69) is 0 Å². The second kappa shape index (κ2) is 8.06. The summed E-state index contributed by atoms with van der Waals surface area (Å²) in [4.78, 5) is 24.1. The van der Waals surface area contributed by atoms with Crippen LogP contribution in [0.2, 0.25) is 0 Å². The molecule has 0 aliphatic carbocycles. The summed E-state index contributed by atoms with van der Waals surface area (Å²) >= 11 is -1.95. The molecule has 3 rings (SSSR count). The molecule has 30 heavy (non-hydrogen) atoms. The zero-order valence-corrected chi connectivity index (χ0v) is 15.7. The van der Waals surface area contributed by atoms with Crippen LogP contribution < -0.4 is 5.56 Å². The van der Waals surface area contributed by atoms with Gasteiger partial charge in [-0.05, 0) is 42.5 Å². The van der Waals surface area contributed by atoms with Gasteiger partial charge in [-0.15, -0.1) is 0 Å². The summed E-state index contributed by atoms with van der Waals surface area (Å²) in [5.41, 5.74) is -2.75. The van der Waals surface area contributed by atoms with Gasteiger partial charge in [0.2, 0.25) is 0 Å². The van der Waals surface area contributed by atoms with Crippen LogP contribution in [0, 0.1) is 11.3 Å². The first-order chi connectivity index (χ1) is 14.1.